The molecule has 3 fully saturated rings. The minimum atomic E-state index is -3.31. The van der Waals surface area contributed by atoms with E-state index in [1.807, 2.05) is 6.92 Å². The minimum Gasteiger partial charge on any atom is -0.492 e. The highest BCUT2D eigenvalue weighted by atomic mass is 32.2. The zero-order valence-electron chi connectivity index (χ0n) is 18.6. The first-order valence-corrected chi connectivity index (χ1v) is 13.5. The molecule has 0 aromatic heterocycles. The standard InChI is InChI=1S/C24H36N2O4S/c1-24(12-13-24)31(27,28)25-21-6-4-14-26-15-16-29-23-7-3-2-5-20(23)18-8-10-19(11-9-18)30-17-22(21)26/h2-3,5,7,18-19,21-22,25H,4,6,8-17H2,1H3/t18?,19?,21?,22-/m0/s1. The van der Waals surface area contributed by atoms with Gasteiger partial charge in [0.2, 0.25) is 10.0 Å². The molecule has 3 aliphatic heterocycles. The lowest BCUT2D eigenvalue weighted by Crippen LogP contribution is -2.59. The normalized spacial score (nSPS) is 33.7. The molecule has 5 aliphatic rings. The summed E-state index contributed by atoms with van der Waals surface area (Å²) in [6, 6.07) is 8.44. The van der Waals surface area contributed by atoms with Crippen LogP contribution in [0.25, 0.3) is 0 Å². The number of piperidine rings is 1. The fraction of sp³-hybridized carbons (Fsp3) is 0.750. The lowest BCUT2D eigenvalue weighted by Gasteiger charge is -2.42. The van der Waals surface area contributed by atoms with E-state index in [-0.39, 0.29) is 18.2 Å². The Bertz CT molecular complexity index is 877. The van der Waals surface area contributed by atoms with Crippen molar-refractivity contribution in [2.45, 2.75) is 87.1 Å². The second-order valence-corrected chi connectivity index (χ2v) is 12.3. The molecule has 3 heterocycles. The molecule has 1 aromatic rings. The summed E-state index contributed by atoms with van der Waals surface area (Å²) in [6.07, 6.45) is 8.00. The van der Waals surface area contributed by atoms with E-state index in [9.17, 15) is 8.42 Å². The molecule has 2 aliphatic carbocycles. The van der Waals surface area contributed by atoms with E-state index in [4.69, 9.17) is 9.47 Å². The predicted molar refractivity (Wildman–Crippen MR) is 121 cm³/mol. The number of fused-ring (bicyclic) bond motifs is 5. The van der Waals surface area contributed by atoms with Gasteiger partial charge in [-0.05, 0) is 82.4 Å². The van der Waals surface area contributed by atoms with Crippen LogP contribution in [0, 0.1) is 0 Å². The molecule has 31 heavy (non-hydrogen) atoms. The van der Waals surface area contributed by atoms with Gasteiger partial charge in [0.15, 0.2) is 0 Å². The topological polar surface area (TPSA) is 67.9 Å². The average Bonchev–Trinajstić information content (AvgIpc) is 3.52. The lowest BCUT2D eigenvalue weighted by molar-refractivity contribution is -0.0284. The summed E-state index contributed by atoms with van der Waals surface area (Å²) < 4.78 is 41.1. The van der Waals surface area contributed by atoms with Gasteiger partial charge in [-0.25, -0.2) is 13.1 Å². The molecule has 172 valence electrons. The van der Waals surface area contributed by atoms with Gasteiger partial charge in [-0.2, -0.15) is 0 Å². The van der Waals surface area contributed by atoms with Gasteiger partial charge < -0.3 is 9.47 Å². The summed E-state index contributed by atoms with van der Waals surface area (Å²) >= 11 is 0. The van der Waals surface area contributed by atoms with Gasteiger partial charge in [-0.1, -0.05) is 18.2 Å². The third-order valence-corrected chi connectivity index (χ3v) is 10.3. The van der Waals surface area contributed by atoms with Gasteiger partial charge in [0.25, 0.3) is 0 Å². The van der Waals surface area contributed by atoms with Gasteiger partial charge >= 0.3 is 0 Å². The summed E-state index contributed by atoms with van der Waals surface area (Å²) in [5, 5.41) is 0. The molecule has 1 N–H and O–H groups in total. The third kappa shape index (κ3) is 4.52. The van der Waals surface area contributed by atoms with Gasteiger partial charge in [0.1, 0.15) is 12.4 Å². The molecular weight excluding hydrogens is 412 g/mol. The van der Waals surface area contributed by atoms with Crippen molar-refractivity contribution in [3.05, 3.63) is 29.8 Å². The predicted octanol–water partition coefficient (Wildman–Crippen LogP) is 3.43. The van der Waals surface area contributed by atoms with Gasteiger partial charge in [0, 0.05) is 18.6 Å². The molecule has 2 atom stereocenters. The molecule has 7 heteroatoms. The van der Waals surface area contributed by atoms with Crippen LogP contribution >= 0.6 is 0 Å². The number of benzene rings is 1. The van der Waals surface area contributed by atoms with E-state index in [1.54, 1.807) is 0 Å². The quantitative estimate of drug-likeness (QED) is 0.767. The van der Waals surface area contributed by atoms with Crippen molar-refractivity contribution in [1.82, 2.24) is 9.62 Å². The number of ether oxygens (including phenoxy) is 2. The molecule has 2 saturated carbocycles. The van der Waals surface area contributed by atoms with Crippen LogP contribution in [0.5, 0.6) is 5.75 Å². The fourth-order valence-corrected chi connectivity index (χ4v) is 7.14. The largest absolute Gasteiger partial charge is 0.492 e. The Hall–Kier alpha value is -1.15. The Kier molecular flexibility index (Phi) is 6.05. The van der Waals surface area contributed by atoms with Crippen LogP contribution in [0.3, 0.4) is 0 Å². The number of sulfonamides is 1. The van der Waals surface area contributed by atoms with Crippen LogP contribution in [0.4, 0.5) is 0 Å². The second kappa shape index (κ2) is 8.65. The van der Waals surface area contributed by atoms with E-state index in [2.05, 4.69) is 33.9 Å². The maximum absolute atomic E-state index is 12.9. The van der Waals surface area contributed by atoms with Crippen molar-refractivity contribution >= 4 is 10.0 Å². The van der Waals surface area contributed by atoms with E-state index in [1.165, 1.54) is 5.56 Å². The zero-order chi connectivity index (χ0) is 21.5. The molecule has 0 spiro atoms. The van der Waals surface area contributed by atoms with Gasteiger partial charge in [-0.3, -0.25) is 4.90 Å². The average molecular weight is 449 g/mol. The van der Waals surface area contributed by atoms with Gasteiger partial charge in [-0.15, -0.1) is 0 Å². The first kappa shape index (κ1) is 21.7. The first-order chi connectivity index (χ1) is 15.0. The van der Waals surface area contributed by atoms with E-state index >= 15 is 0 Å². The molecule has 6 rings (SSSR count). The Labute approximate surface area is 186 Å². The van der Waals surface area contributed by atoms with Gasteiger partial charge in [0.05, 0.1) is 17.5 Å². The summed E-state index contributed by atoms with van der Waals surface area (Å²) in [5.74, 6) is 1.55. The molecule has 0 amide bonds. The highest BCUT2D eigenvalue weighted by Crippen LogP contribution is 2.43. The van der Waals surface area contributed by atoms with Crippen LogP contribution in [0.1, 0.15) is 69.8 Å². The van der Waals surface area contributed by atoms with E-state index < -0.39 is 14.8 Å². The molecule has 2 bridgehead atoms. The van der Waals surface area contributed by atoms with Crippen molar-refractivity contribution in [1.29, 1.82) is 0 Å². The van der Waals surface area contributed by atoms with E-state index in [0.29, 0.717) is 19.1 Å². The lowest BCUT2D eigenvalue weighted by atomic mass is 9.82. The van der Waals surface area contributed by atoms with Crippen LogP contribution in [-0.2, 0) is 14.8 Å². The summed E-state index contributed by atoms with van der Waals surface area (Å²) in [5.41, 5.74) is 1.33. The number of hydrogen-bond donors (Lipinski definition) is 1. The van der Waals surface area contributed by atoms with Crippen molar-refractivity contribution in [2.24, 2.45) is 0 Å². The molecule has 0 radical (unpaired) electrons. The number of hydrogen-bond acceptors (Lipinski definition) is 5. The second-order valence-electron chi connectivity index (χ2n) is 10.1. The Morgan fingerprint density at radius 2 is 1.84 bits per heavy atom. The minimum absolute atomic E-state index is 0.0585. The van der Waals surface area contributed by atoms with Crippen LogP contribution in [0.2, 0.25) is 0 Å². The van der Waals surface area contributed by atoms with Crippen LogP contribution in [-0.4, -0.2) is 62.6 Å². The Morgan fingerprint density at radius 3 is 2.61 bits per heavy atom. The van der Waals surface area contributed by atoms with Crippen molar-refractivity contribution in [3.63, 3.8) is 0 Å². The highest BCUT2D eigenvalue weighted by molar-refractivity contribution is 7.91. The number of para-hydroxylation sites is 1. The molecule has 1 saturated heterocycles. The molecular formula is C24H36N2O4S. The summed E-state index contributed by atoms with van der Waals surface area (Å²) in [4.78, 5) is 2.39. The Balaban J connectivity index is 1.36. The number of rotatable bonds is 3. The first-order valence-electron chi connectivity index (χ1n) is 12.0. The SMILES string of the molecule is CC1(S(=O)(=O)NC2CCCN3CCOc4ccccc4C4CCC(CC4)OC[C@@H]23)CC1. The molecule has 6 nitrogen and oxygen atoms in total. The highest BCUT2D eigenvalue weighted by Gasteiger charge is 2.51. The van der Waals surface area contributed by atoms with Crippen molar-refractivity contribution < 1.29 is 17.9 Å². The third-order valence-electron chi connectivity index (χ3n) is 7.98. The number of nitrogens with one attached hydrogen (secondary N) is 1. The zero-order valence-corrected chi connectivity index (χ0v) is 19.4. The molecule has 1 unspecified atom stereocenters. The maximum atomic E-state index is 12.9. The van der Waals surface area contributed by atoms with Crippen LogP contribution in [0.15, 0.2) is 24.3 Å². The van der Waals surface area contributed by atoms with Crippen molar-refractivity contribution in [3.8, 4) is 5.75 Å². The summed E-state index contributed by atoms with van der Waals surface area (Å²) in [7, 11) is -3.31. The fourth-order valence-electron chi connectivity index (χ4n) is 5.55. The maximum Gasteiger partial charge on any atom is 0.217 e. The molecule has 1 aromatic carbocycles. The smallest absolute Gasteiger partial charge is 0.217 e. The summed E-state index contributed by atoms with van der Waals surface area (Å²) in [6.45, 7) is 4.81. The van der Waals surface area contributed by atoms with Crippen molar-refractivity contribution in [2.75, 3.05) is 26.3 Å². The number of nitrogens with zero attached hydrogens (tertiary/aromatic N) is 1. The monoisotopic (exact) mass is 448 g/mol. The Morgan fingerprint density at radius 1 is 1.06 bits per heavy atom. The van der Waals surface area contributed by atoms with Crippen LogP contribution < -0.4 is 9.46 Å². The van der Waals surface area contributed by atoms with E-state index in [0.717, 1.165) is 70.2 Å².